The Hall–Kier alpha value is -1.61. The van der Waals surface area contributed by atoms with Crippen molar-refractivity contribution in [2.45, 2.75) is 20.3 Å². The number of hydrogen-bond acceptors (Lipinski definition) is 3. The number of aromatic nitrogens is 2. The number of hydrogen-bond donors (Lipinski definition) is 1. The first-order valence-electron chi connectivity index (χ1n) is 5.94. The van der Waals surface area contributed by atoms with Gasteiger partial charge < -0.3 is 5.32 Å². The fourth-order valence-corrected chi connectivity index (χ4v) is 1.94. The van der Waals surface area contributed by atoms with Crippen LogP contribution in [0.3, 0.4) is 0 Å². The van der Waals surface area contributed by atoms with E-state index < -0.39 is 0 Å². The van der Waals surface area contributed by atoms with Crippen molar-refractivity contribution in [2.75, 3.05) is 11.9 Å². The van der Waals surface area contributed by atoms with E-state index in [4.69, 9.17) is 11.6 Å². The average molecular weight is 262 g/mol. The highest BCUT2D eigenvalue weighted by molar-refractivity contribution is 6.32. The van der Waals surface area contributed by atoms with E-state index >= 15 is 0 Å². The van der Waals surface area contributed by atoms with Gasteiger partial charge in [-0.15, -0.1) is 0 Å². The van der Waals surface area contributed by atoms with E-state index in [-0.39, 0.29) is 0 Å². The molecule has 1 aromatic heterocycles. The molecule has 1 aromatic carbocycles. The zero-order valence-electron chi connectivity index (χ0n) is 10.6. The smallest absolute Gasteiger partial charge is 0.148 e. The number of nitrogens with one attached hydrogen (secondary N) is 1. The summed E-state index contributed by atoms with van der Waals surface area (Å²) >= 11 is 6.02. The van der Waals surface area contributed by atoms with Crippen LogP contribution in [0.4, 0.5) is 5.82 Å². The Balaban J connectivity index is 1.96. The summed E-state index contributed by atoms with van der Waals surface area (Å²) in [5.41, 5.74) is 2.65. The molecule has 0 amide bonds. The van der Waals surface area contributed by atoms with E-state index in [1.54, 1.807) is 6.20 Å². The van der Waals surface area contributed by atoms with Crippen molar-refractivity contribution < 1.29 is 0 Å². The first kappa shape index (κ1) is 12.8. The summed E-state index contributed by atoms with van der Waals surface area (Å²) in [5.74, 6) is 1.43. The van der Waals surface area contributed by atoms with E-state index in [0.717, 1.165) is 18.8 Å². The molecular weight excluding hydrogens is 246 g/mol. The third kappa shape index (κ3) is 3.20. The molecule has 0 spiro atoms. The molecule has 0 bridgehead atoms. The fraction of sp³-hybridized carbons (Fsp3) is 0.286. The largest absolute Gasteiger partial charge is 0.368 e. The van der Waals surface area contributed by atoms with Crippen LogP contribution in [0.15, 0.2) is 30.5 Å². The van der Waals surface area contributed by atoms with Crippen molar-refractivity contribution in [1.29, 1.82) is 0 Å². The number of rotatable bonds is 4. The first-order valence-corrected chi connectivity index (χ1v) is 6.32. The highest BCUT2D eigenvalue weighted by Crippen LogP contribution is 2.17. The molecule has 0 aliphatic carbocycles. The van der Waals surface area contributed by atoms with Gasteiger partial charge in [0.25, 0.3) is 0 Å². The van der Waals surface area contributed by atoms with E-state index in [9.17, 15) is 0 Å². The third-order valence-corrected chi connectivity index (χ3v) is 3.09. The van der Waals surface area contributed by atoms with Crippen LogP contribution in [0.2, 0.25) is 5.02 Å². The standard InChI is InChI=1S/C14H16ClN3/c1-10-5-3-4-6-12(10)7-8-16-14-13(15)9-17-11(2)18-14/h3-6,9H,7-8H2,1-2H3,(H,16,17,18). The van der Waals surface area contributed by atoms with Crippen LogP contribution in [0.1, 0.15) is 17.0 Å². The zero-order chi connectivity index (χ0) is 13.0. The monoisotopic (exact) mass is 261 g/mol. The van der Waals surface area contributed by atoms with Gasteiger partial charge >= 0.3 is 0 Å². The molecule has 3 nitrogen and oxygen atoms in total. The predicted octanol–water partition coefficient (Wildman–Crippen LogP) is 3.40. The second-order valence-corrected chi connectivity index (χ2v) is 4.62. The lowest BCUT2D eigenvalue weighted by molar-refractivity contribution is 0.973. The van der Waals surface area contributed by atoms with Crippen LogP contribution in [-0.4, -0.2) is 16.5 Å². The summed E-state index contributed by atoms with van der Waals surface area (Å²) < 4.78 is 0. The molecule has 0 atom stereocenters. The van der Waals surface area contributed by atoms with E-state index in [1.165, 1.54) is 11.1 Å². The normalized spacial score (nSPS) is 10.4. The molecule has 0 radical (unpaired) electrons. The summed E-state index contributed by atoms with van der Waals surface area (Å²) in [5, 5.41) is 3.81. The maximum Gasteiger partial charge on any atom is 0.148 e. The Morgan fingerprint density at radius 3 is 2.78 bits per heavy atom. The molecule has 94 valence electrons. The number of halogens is 1. The number of nitrogens with zero attached hydrogens (tertiary/aromatic N) is 2. The maximum atomic E-state index is 6.02. The Bertz CT molecular complexity index is 540. The quantitative estimate of drug-likeness (QED) is 0.917. The highest BCUT2D eigenvalue weighted by atomic mass is 35.5. The number of anilines is 1. The topological polar surface area (TPSA) is 37.8 Å². The van der Waals surface area contributed by atoms with Crippen LogP contribution < -0.4 is 5.32 Å². The van der Waals surface area contributed by atoms with Gasteiger partial charge in [-0.25, -0.2) is 9.97 Å². The molecule has 0 saturated carbocycles. The SMILES string of the molecule is Cc1ncc(Cl)c(NCCc2ccccc2C)n1. The van der Waals surface area contributed by atoms with Crippen LogP contribution in [0, 0.1) is 13.8 Å². The molecule has 0 aliphatic heterocycles. The van der Waals surface area contributed by atoms with Gasteiger partial charge in [-0.1, -0.05) is 35.9 Å². The second-order valence-electron chi connectivity index (χ2n) is 4.22. The van der Waals surface area contributed by atoms with Gasteiger partial charge in [-0.2, -0.15) is 0 Å². The van der Waals surface area contributed by atoms with Gasteiger partial charge in [-0.05, 0) is 31.4 Å². The lowest BCUT2D eigenvalue weighted by Gasteiger charge is -2.09. The second kappa shape index (κ2) is 5.83. The maximum absolute atomic E-state index is 6.02. The van der Waals surface area contributed by atoms with E-state index in [0.29, 0.717) is 10.8 Å². The van der Waals surface area contributed by atoms with Crippen molar-refractivity contribution >= 4 is 17.4 Å². The van der Waals surface area contributed by atoms with Gasteiger partial charge in [0.2, 0.25) is 0 Å². The van der Waals surface area contributed by atoms with Crippen LogP contribution >= 0.6 is 11.6 Å². The molecule has 4 heteroatoms. The molecule has 0 saturated heterocycles. The van der Waals surface area contributed by atoms with Gasteiger partial charge in [0.05, 0.1) is 6.20 Å². The summed E-state index contributed by atoms with van der Waals surface area (Å²) in [7, 11) is 0. The van der Waals surface area contributed by atoms with Gasteiger partial charge in [0.1, 0.15) is 16.7 Å². The van der Waals surface area contributed by atoms with Crippen molar-refractivity contribution in [2.24, 2.45) is 0 Å². The highest BCUT2D eigenvalue weighted by Gasteiger charge is 2.03. The average Bonchev–Trinajstić information content (AvgIpc) is 2.36. The van der Waals surface area contributed by atoms with E-state index in [1.807, 2.05) is 6.92 Å². The van der Waals surface area contributed by atoms with Gasteiger partial charge in [0, 0.05) is 6.54 Å². The summed E-state index contributed by atoms with van der Waals surface area (Å²) in [6.45, 7) is 4.78. The first-order chi connectivity index (χ1) is 8.66. The van der Waals surface area contributed by atoms with Crippen molar-refractivity contribution in [1.82, 2.24) is 9.97 Å². The Kier molecular flexibility index (Phi) is 4.15. The van der Waals surface area contributed by atoms with Crippen LogP contribution in [0.25, 0.3) is 0 Å². The lowest BCUT2D eigenvalue weighted by atomic mass is 10.1. The van der Waals surface area contributed by atoms with Crippen molar-refractivity contribution in [3.8, 4) is 0 Å². The molecule has 2 aromatic rings. The van der Waals surface area contributed by atoms with E-state index in [2.05, 4.69) is 46.5 Å². The minimum atomic E-state index is 0.561. The zero-order valence-corrected chi connectivity index (χ0v) is 11.3. The van der Waals surface area contributed by atoms with Crippen molar-refractivity contribution in [3.63, 3.8) is 0 Å². The Labute approximate surface area is 112 Å². The third-order valence-electron chi connectivity index (χ3n) is 2.81. The molecule has 18 heavy (non-hydrogen) atoms. The Morgan fingerprint density at radius 1 is 1.22 bits per heavy atom. The molecule has 0 aliphatic rings. The van der Waals surface area contributed by atoms with Gasteiger partial charge in [-0.3, -0.25) is 0 Å². The predicted molar refractivity (Wildman–Crippen MR) is 75.2 cm³/mol. The molecule has 0 fully saturated rings. The summed E-state index contributed by atoms with van der Waals surface area (Å²) in [4.78, 5) is 8.31. The molecule has 2 rings (SSSR count). The number of aryl methyl sites for hydroxylation is 2. The molecular formula is C14H16ClN3. The lowest BCUT2D eigenvalue weighted by Crippen LogP contribution is -2.08. The molecule has 1 heterocycles. The number of benzene rings is 1. The minimum absolute atomic E-state index is 0.561. The fourth-order valence-electron chi connectivity index (χ4n) is 1.79. The van der Waals surface area contributed by atoms with Crippen LogP contribution in [0.5, 0.6) is 0 Å². The Morgan fingerprint density at radius 2 is 2.00 bits per heavy atom. The summed E-state index contributed by atoms with van der Waals surface area (Å²) in [6, 6.07) is 8.38. The molecule has 0 unspecified atom stereocenters. The van der Waals surface area contributed by atoms with Crippen LogP contribution in [-0.2, 0) is 6.42 Å². The molecule has 1 N–H and O–H groups in total. The van der Waals surface area contributed by atoms with Crippen molar-refractivity contribution in [3.05, 3.63) is 52.4 Å². The minimum Gasteiger partial charge on any atom is -0.368 e. The van der Waals surface area contributed by atoms with Gasteiger partial charge in [0.15, 0.2) is 0 Å². The summed E-state index contributed by atoms with van der Waals surface area (Å²) in [6.07, 6.45) is 2.58.